The molecule has 3 amide bonds. The van der Waals surface area contributed by atoms with E-state index in [4.69, 9.17) is 0 Å². The van der Waals surface area contributed by atoms with E-state index in [1.165, 1.54) is 18.5 Å². The molecule has 0 unspecified atom stereocenters. The molecule has 9 heteroatoms. The number of carbonyl (C=O) groups excluding carboxylic acids is 3. The fourth-order valence-corrected chi connectivity index (χ4v) is 4.95. The summed E-state index contributed by atoms with van der Waals surface area (Å²) in [6.07, 6.45) is 3.06. The highest BCUT2D eigenvalue weighted by atomic mass is 19.1. The molecule has 8 nitrogen and oxygen atoms in total. The van der Waals surface area contributed by atoms with Gasteiger partial charge in [-0.1, -0.05) is 35.9 Å². The van der Waals surface area contributed by atoms with Gasteiger partial charge in [-0.2, -0.15) is 0 Å². The highest BCUT2D eigenvalue weighted by Crippen LogP contribution is 2.38. The fourth-order valence-electron chi connectivity index (χ4n) is 4.95. The number of hydrogen-bond donors (Lipinski definition) is 2. The fraction of sp³-hybridized carbons (Fsp3) is 0.357. The van der Waals surface area contributed by atoms with Crippen LogP contribution in [-0.2, 0) is 24.4 Å². The molecule has 37 heavy (non-hydrogen) atoms. The molecule has 1 aromatic heterocycles. The van der Waals surface area contributed by atoms with Crippen LogP contribution < -0.4 is 10.6 Å². The van der Waals surface area contributed by atoms with Crippen molar-refractivity contribution in [1.29, 1.82) is 0 Å². The third-order valence-corrected chi connectivity index (χ3v) is 7.20. The molecule has 0 saturated heterocycles. The van der Waals surface area contributed by atoms with Gasteiger partial charge in [-0.3, -0.25) is 14.4 Å². The van der Waals surface area contributed by atoms with Gasteiger partial charge < -0.3 is 20.1 Å². The maximum Gasteiger partial charge on any atom is 0.274 e. The van der Waals surface area contributed by atoms with Gasteiger partial charge in [0.2, 0.25) is 5.91 Å². The maximum absolute atomic E-state index is 13.8. The summed E-state index contributed by atoms with van der Waals surface area (Å²) in [7, 11) is 0. The number of hydrogen-bond acceptors (Lipinski definition) is 4. The van der Waals surface area contributed by atoms with Crippen molar-refractivity contribution in [2.75, 3.05) is 0 Å². The van der Waals surface area contributed by atoms with Crippen LogP contribution in [0.5, 0.6) is 0 Å². The minimum absolute atomic E-state index is 0.0646. The van der Waals surface area contributed by atoms with Crippen molar-refractivity contribution in [3.8, 4) is 0 Å². The maximum atomic E-state index is 13.8. The number of imidazole rings is 1. The summed E-state index contributed by atoms with van der Waals surface area (Å²) in [6.45, 7) is 6.43. The summed E-state index contributed by atoms with van der Waals surface area (Å²) in [5.41, 5.74) is 3.03. The van der Waals surface area contributed by atoms with Crippen molar-refractivity contribution in [3.63, 3.8) is 0 Å². The molecule has 2 aliphatic rings. The Hall–Kier alpha value is -4.01. The first kappa shape index (κ1) is 24.7. The molecule has 2 aromatic carbocycles. The van der Waals surface area contributed by atoms with Crippen LogP contribution in [0.3, 0.4) is 0 Å². The zero-order valence-electron chi connectivity index (χ0n) is 21.2. The summed E-state index contributed by atoms with van der Waals surface area (Å²) in [5.74, 6) is -1.45. The molecule has 1 fully saturated rings. The number of nitrogens with one attached hydrogen (secondary N) is 2. The van der Waals surface area contributed by atoms with E-state index < -0.39 is 11.4 Å². The molecule has 1 aliphatic carbocycles. The number of nitrogens with zero attached hydrogens (tertiary/aromatic N) is 3. The molecular formula is C28H30FN5O3. The van der Waals surface area contributed by atoms with Gasteiger partial charge in [0.25, 0.3) is 11.8 Å². The van der Waals surface area contributed by atoms with Gasteiger partial charge in [0.05, 0.1) is 12.9 Å². The van der Waals surface area contributed by atoms with Crippen LogP contribution in [0.2, 0.25) is 0 Å². The van der Waals surface area contributed by atoms with Crippen molar-refractivity contribution in [2.24, 2.45) is 0 Å². The van der Waals surface area contributed by atoms with Crippen LogP contribution in [0, 0.1) is 19.7 Å². The largest absolute Gasteiger partial charge is 0.350 e. The van der Waals surface area contributed by atoms with Crippen molar-refractivity contribution in [3.05, 3.63) is 88.3 Å². The second-order valence-corrected chi connectivity index (χ2v) is 10.2. The Bertz CT molecular complexity index is 1380. The first-order valence-electron chi connectivity index (χ1n) is 12.4. The Morgan fingerprint density at radius 2 is 1.81 bits per heavy atom. The topological polar surface area (TPSA) is 96.3 Å². The lowest BCUT2D eigenvalue weighted by Gasteiger charge is -2.44. The molecule has 3 aromatic rings. The number of benzene rings is 2. The first-order chi connectivity index (χ1) is 17.7. The Morgan fingerprint density at radius 3 is 2.51 bits per heavy atom. The highest BCUT2D eigenvalue weighted by Gasteiger charge is 2.53. The van der Waals surface area contributed by atoms with Crippen molar-refractivity contribution < 1.29 is 18.8 Å². The molecule has 0 spiro atoms. The van der Waals surface area contributed by atoms with Crippen molar-refractivity contribution >= 4 is 17.7 Å². The quantitative estimate of drug-likeness (QED) is 0.517. The summed E-state index contributed by atoms with van der Waals surface area (Å²) in [5, 5.41) is 5.80. The van der Waals surface area contributed by atoms with Gasteiger partial charge in [0.15, 0.2) is 5.69 Å². The molecule has 1 saturated carbocycles. The minimum atomic E-state index is -1.15. The van der Waals surface area contributed by atoms with Crippen LogP contribution >= 0.6 is 0 Å². The summed E-state index contributed by atoms with van der Waals surface area (Å²) in [4.78, 5) is 46.2. The monoisotopic (exact) mass is 503 g/mol. The second-order valence-electron chi connectivity index (χ2n) is 10.2. The van der Waals surface area contributed by atoms with Crippen LogP contribution in [-0.4, -0.2) is 43.8 Å². The van der Waals surface area contributed by atoms with E-state index in [1.807, 2.05) is 32.0 Å². The lowest BCUT2D eigenvalue weighted by atomic mass is 9.93. The van der Waals surface area contributed by atoms with Crippen molar-refractivity contribution in [2.45, 2.75) is 64.8 Å². The molecule has 1 atom stereocenters. The number of halogens is 1. The normalized spacial score (nSPS) is 18.9. The molecule has 5 rings (SSSR count). The smallest absolute Gasteiger partial charge is 0.274 e. The van der Waals surface area contributed by atoms with E-state index >= 15 is 0 Å². The van der Waals surface area contributed by atoms with Gasteiger partial charge in [-0.25, -0.2) is 9.37 Å². The molecule has 2 N–H and O–H groups in total. The predicted octanol–water partition coefficient (Wildman–Crippen LogP) is 3.26. The summed E-state index contributed by atoms with van der Waals surface area (Å²) < 4.78 is 14.8. The Kier molecular flexibility index (Phi) is 6.31. The number of amides is 3. The SMILES string of the molecule is Cc1ccc(C)c(CNC(=O)c2ncn3c2C(=O)N(C2CC2)[C@](C)(C(=O)NCc2ccc(F)cc2)C3)c1. The molecule has 1 aliphatic heterocycles. The molecule has 0 radical (unpaired) electrons. The molecule has 2 heterocycles. The Labute approximate surface area is 214 Å². The van der Waals surface area contributed by atoms with Gasteiger partial charge in [-0.15, -0.1) is 0 Å². The lowest BCUT2D eigenvalue weighted by molar-refractivity contribution is -0.133. The molecular weight excluding hydrogens is 473 g/mol. The van der Waals surface area contributed by atoms with E-state index in [9.17, 15) is 18.8 Å². The average Bonchev–Trinajstić information content (AvgIpc) is 3.61. The summed E-state index contributed by atoms with van der Waals surface area (Å²) in [6, 6.07) is 11.9. The third-order valence-electron chi connectivity index (χ3n) is 7.20. The van der Waals surface area contributed by atoms with E-state index in [0.29, 0.717) is 6.54 Å². The number of rotatable bonds is 7. The molecule has 0 bridgehead atoms. The van der Waals surface area contributed by atoms with E-state index in [1.54, 1.807) is 28.5 Å². The number of fused-ring (bicyclic) bond motifs is 1. The van der Waals surface area contributed by atoms with Gasteiger partial charge in [0, 0.05) is 19.1 Å². The van der Waals surface area contributed by atoms with Crippen LogP contribution in [0.4, 0.5) is 4.39 Å². The van der Waals surface area contributed by atoms with Crippen LogP contribution in [0.25, 0.3) is 0 Å². The highest BCUT2D eigenvalue weighted by molar-refractivity contribution is 6.07. The predicted molar refractivity (Wildman–Crippen MR) is 135 cm³/mol. The first-order valence-corrected chi connectivity index (χ1v) is 12.4. The van der Waals surface area contributed by atoms with E-state index in [2.05, 4.69) is 15.6 Å². The Morgan fingerprint density at radius 1 is 1.08 bits per heavy atom. The summed E-state index contributed by atoms with van der Waals surface area (Å²) >= 11 is 0. The van der Waals surface area contributed by atoms with Crippen LogP contribution in [0.15, 0.2) is 48.8 Å². The molecule has 192 valence electrons. The number of aromatic nitrogens is 2. The zero-order valence-corrected chi connectivity index (χ0v) is 21.2. The van der Waals surface area contributed by atoms with E-state index in [0.717, 1.165) is 35.1 Å². The minimum Gasteiger partial charge on any atom is -0.350 e. The zero-order chi connectivity index (χ0) is 26.3. The van der Waals surface area contributed by atoms with Gasteiger partial charge >= 0.3 is 0 Å². The number of aryl methyl sites for hydroxylation is 2. The standard InChI is InChI=1S/C28H30FN5O3/c1-17-4-5-18(2)20(12-17)14-30-25(35)23-24-26(36)34(22-10-11-22)28(3,15-33(24)16-32-23)27(37)31-13-19-6-8-21(29)9-7-19/h4-9,12,16,22H,10-11,13-15H2,1-3H3,(H,30,35)(H,31,37)/t28-/m0/s1. The Balaban J connectivity index is 1.36. The lowest BCUT2D eigenvalue weighted by Crippen LogP contribution is -2.64. The van der Waals surface area contributed by atoms with Gasteiger partial charge in [-0.05, 0) is 62.4 Å². The third kappa shape index (κ3) is 4.73. The van der Waals surface area contributed by atoms with Gasteiger partial charge in [0.1, 0.15) is 17.1 Å². The van der Waals surface area contributed by atoms with E-state index in [-0.39, 0.29) is 48.2 Å². The number of carbonyl (C=O) groups is 3. The average molecular weight is 504 g/mol. The van der Waals surface area contributed by atoms with Crippen molar-refractivity contribution in [1.82, 2.24) is 25.1 Å². The second kappa shape index (κ2) is 9.46. The van der Waals surface area contributed by atoms with Crippen LogP contribution in [0.1, 0.15) is 63.0 Å².